The Balaban J connectivity index is 2.35. The molecule has 1 atom stereocenters. The van der Waals surface area contributed by atoms with Gasteiger partial charge in [-0.05, 0) is 50.8 Å². The molecular weight excluding hydrogens is 224 g/mol. The van der Waals surface area contributed by atoms with E-state index in [4.69, 9.17) is 4.42 Å². The highest BCUT2D eigenvalue weighted by Gasteiger charge is 2.19. The van der Waals surface area contributed by atoms with Crippen molar-refractivity contribution in [1.82, 2.24) is 4.90 Å². The summed E-state index contributed by atoms with van der Waals surface area (Å²) in [7, 11) is 6.05. The minimum Gasteiger partial charge on any atom is -0.464 e. The third-order valence-electron chi connectivity index (χ3n) is 3.06. The summed E-state index contributed by atoms with van der Waals surface area (Å²) < 4.78 is 5.76. The normalized spacial score (nSPS) is 12.7. The number of furan rings is 1. The lowest BCUT2D eigenvalue weighted by molar-refractivity contribution is 0.293. The number of benzene rings is 1. The van der Waals surface area contributed by atoms with Crippen LogP contribution in [0, 0.1) is 6.92 Å². The van der Waals surface area contributed by atoms with Gasteiger partial charge in [-0.25, -0.2) is 0 Å². The highest BCUT2D eigenvalue weighted by atomic mass is 16.3. The third kappa shape index (κ3) is 2.57. The fourth-order valence-corrected chi connectivity index (χ4v) is 2.15. The minimum absolute atomic E-state index is 0.157. The van der Waals surface area contributed by atoms with Crippen LogP contribution in [0.2, 0.25) is 0 Å². The van der Waals surface area contributed by atoms with Crippen molar-refractivity contribution in [3.8, 4) is 0 Å². The van der Waals surface area contributed by atoms with E-state index in [1.807, 2.05) is 26.1 Å². The van der Waals surface area contributed by atoms with Crippen molar-refractivity contribution in [2.75, 3.05) is 26.5 Å². The molecule has 3 nitrogen and oxygen atoms in total. The second-order valence-electron chi connectivity index (χ2n) is 4.69. The number of rotatable bonds is 4. The molecule has 2 aromatic rings. The highest BCUT2D eigenvalue weighted by Crippen LogP contribution is 2.28. The van der Waals surface area contributed by atoms with Gasteiger partial charge in [0.25, 0.3) is 0 Å². The van der Waals surface area contributed by atoms with E-state index in [9.17, 15) is 0 Å². The standard InChI is InChI=1S/C15H20N2O/c1-11-5-10-14(18-11)15(17(3)4)12-6-8-13(16-2)9-7-12/h5-10,15-16H,1-4H3. The molecule has 0 spiro atoms. The van der Waals surface area contributed by atoms with Crippen LogP contribution in [-0.2, 0) is 0 Å². The van der Waals surface area contributed by atoms with Gasteiger partial charge in [0.15, 0.2) is 0 Å². The SMILES string of the molecule is CNc1ccc(C(c2ccc(C)o2)N(C)C)cc1. The number of anilines is 1. The summed E-state index contributed by atoms with van der Waals surface area (Å²) in [6, 6.07) is 12.6. The summed E-state index contributed by atoms with van der Waals surface area (Å²) in [4.78, 5) is 2.16. The van der Waals surface area contributed by atoms with E-state index in [1.165, 1.54) is 5.56 Å². The smallest absolute Gasteiger partial charge is 0.125 e. The van der Waals surface area contributed by atoms with Crippen molar-refractivity contribution in [2.45, 2.75) is 13.0 Å². The lowest BCUT2D eigenvalue weighted by atomic mass is 10.0. The van der Waals surface area contributed by atoms with Gasteiger partial charge in [-0.1, -0.05) is 12.1 Å². The molecule has 0 radical (unpaired) electrons. The molecule has 1 aromatic carbocycles. The average molecular weight is 244 g/mol. The van der Waals surface area contributed by atoms with Crippen LogP contribution < -0.4 is 5.32 Å². The van der Waals surface area contributed by atoms with Crippen molar-refractivity contribution in [1.29, 1.82) is 0 Å². The Morgan fingerprint density at radius 1 is 1.06 bits per heavy atom. The van der Waals surface area contributed by atoms with E-state index in [-0.39, 0.29) is 6.04 Å². The van der Waals surface area contributed by atoms with E-state index >= 15 is 0 Å². The molecule has 0 amide bonds. The van der Waals surface area contributed by atoms with Crippen molar-refractivity contribution in [3.05, 3.63) is 53.5 Å². The second-order valence-corrected chi connectivity index (χ2v) is 4.69. The maximum absolute atomic E-state index is 5.76. The van der Waals surface area contributed by atoms with Gasteiger partial charge in [0.05, 0.1) is 6.04 Å². The van der Waals surface area contributed by atoms with Gasteiger partial charge < -0.3 is 9.73 Å². The Morgan fingerprint density at radius 2 is 1.72 bits per heavy atom. The summed E-state index contributed by atoms with van der Waals surface area (Å²) in [5.74, 6) is 1.93. The summed E-state index contributed by atoms with van der Waals surface area (Å²) in [6.07, 6.45) is 0. The van der Waals surface area contributed by atoms with Crippen LogP contribution in [0.25, 0.3) is 0 Å². The van der Waals surface area contributed by atoms with Gasteiger partial charge in [0.2, 0.25) is 0 Å². The molecule has 1 unspecified atom stereocenters. The predicted molar refractivity (Wildman–Crippen MR) is 75.0 cm³/mol. The van der Waals surface area contributed by atoms with Crippen LogP contribution in [-0.4, -0.2) is 26.0 Å². The zero-order valence-electron chi connectivity index (χ0n) is 11.4. The first-order valence-electron chi connectivity index (χ1n) is 6.12. The number of aryl methyl sites for hydroxylation is 1. The van der Waals surface area contributed by atoms with Crippen molar-refractivity contribution in [3.63, 3.8) is 0 Å². The van der Waals surface area contributed by atoms with E-state index < -0.39 is 0 Å². The molecular formula is C15H20N2O. The lowest BCUT2D eigenvalue weighted by Crippen LogP contribution is -2.20. The molecule has 0 fully saturated rings. The fourth-order valence-electron chi connectivity index (χ4n) is 2.15. The molecule has 1 heterocycles. The first-order valence-corrected chi connectivity index (χ1v) is 6.12. The molecule has 0 saturated heterocycles. The maximum atomic E-state index is 5.76. The van der Waals surface area contributed by atoms with Gasteiger partial charge in [-0.2, -0.15) is 0 Å². The zero-order chi connectivity index (χ0) is 13.1. The molecule has 0 aliphatic carbocycles. The molecule has 0 saturated carbocycles. The van der Waals surface area contributed by atoms with Gasteiger partial charge in [-0.3, -0.25) is 4.90 Å². The van der Waals surface area contributed by atoms with Gasteiger partial charge >= 0.3 is 0 Å². The van der Waals surface area contributed by atoms with Crippen molar-refractivity contribution >= 4 is 5.69 Å². The van der Waals surface area contributed by atoms with Gasteiger partial charge in [0, 0.05) is 12.7 Å². The van der Waals surface area contributed by atoms with E-state index in [0.717, 1.165) is 17.2 Å². The molecule has 2 rings (SSSR count). The van der Waals surface area contributed by atoms with Crippen LogP contribution in [0.15, 0.2) is 40.8 Å². The summed E-state index contributed by atoms with van der Waals surface area (Å²) >= 11 is 0. The summed E-state index contributed by atoms with van der Waals surface area (Å²) in [6.45, 7) is 1.97. The Hall–Kier alpha value is -1.74. The molecule has 0 aliphatic rings. The number of nitrogens with zero attached hydrogens (tertiary/aromatic N) is 1. The van der Waals surface area contributed by atoms with E-state index in [2.05, 4.69) is 48.6 Å². The van der Waals surface area contributed by atoms with E-state index in [0.29, 0.717) is 0 Å². The maximum Gasteiger partial charge on any atom is 0.125 e. The molecule has 18 heavy (non-hydrogen) atoms. The largest absolute Gasteiger partial charge is 0.464 e. The quantitative estimate of drug-likeness (QED) is 0.894. The van der Waals surface area contributed by atoms with Gasteiger partial charge in [0.1, 0.15) is 11.5 Å². The average Bonchev–Trinajstić information content (AvgIpc) is 2.76. The third-order valence-corrected chi connectivity index (χ3v) is 3.06. The Labute approximate surface area is 108 Å². The zero-order valence-corrected chi connectivity index (χ0v) is 11.4. The second kappa shape index (κ2) is 5.27. The Bertz CT molecular complexity index is 499. The molecule has 0 bridgehead atoms. The topological polar surface area (TPSA) is 28.4 Å². The van der Waals surface area contributed by atoms with Crippen LogP contribution in [0.5, 0.6) is 0 Å². The Kier molecular flexibility index (Phi) is 3.72. The molecule has 0 aliphatic heterocycles. The van der Waals surface area contributed by atoms with Gasteiger partial charge in [-0.15, -0.1) is 0 Å². The number of hydrogen-bond donors (Lipinski definition) is 1. The van der Waals surface area contributed by atoms with Crippen LogP contribution in [0.1, 0.15) is 23.1 Å². The first-order chi connectivity index (χ1) is 8.61. The minimum atomic E-state index is 0.157. The molecule has 96 valence electrons. The van der Waals surface area contributed by atoms with E-state index in [1.54, 1.807) is 0 Å². The highest BCUT2D eigenvalue weighted by molar-refractivity contribution is 5.45. The molecule has 1 aromatic heterocycles. The monoisotopic (exact) mass is 244 g/mol. The summed E-state index contributed by atoms with van der Waals surface area (Å²) in [5, 5.41) is 3.13. The summed E-state index contributed by atoms with van der Waals surface area (Å²) in [5.41, 5.74) is 2.35. The van der Waals surface area contributed by atoms with Crippen LogP contribution in [0.4, 0.5) is 5.69 Å². The predicted octanol–water partition coefficient (Wildman–Crippen LogP) is 3.28. The Morgan fingerprint density at radius 3 is 2.17 bits per heavy atom. The van der Waals surface area contributed by atoms with Crippen molar-refractivity contribution in [2.24, 2.45) is 0 Å². The fraction of sp³-hybridized carbons (Fsp3) is 0.333. The number of hydrogen-bond acceptors (Lipinski definition) is 3. The first kappa shape index (κ1) is 12.7. The number of nitrogens with one attached hydrogen (secondary N) is 1. The van der Waals surface area contributed by atoms with Crippen LogP contribution >= 0.6 is 0 Å². The molecule has 3 heteroatoms. The van der Waals surface area contributed by atoms with Crippen LogP contribution in [0.3, 0.4) is 0 Å². The molecule has 1 N–H and O–H groups in total. The lowest BCUT2D eigenvalue weighted by Gasteiger charge is -2.23. The van der Waals surface area contributed by atoms with Crippen molar-refractivity contribution < 1.29 is 4.42 Å².